The van der Waals surface area contributed by atoms with Gasteiger partial charge in [-0.1, -0.05) is 18.2 Å². The fraction of sp³-hybridized carbons (Fsp3) is 0.214. The van der Waals surface area contributed by atoms with E-state index in [1.807, 2.05) is 12.3 Å². The maximum Gasteiger partial charge on any atom is 0.148 e. The first kappa shape index (κ1) is 9.76. The monoisotopic (exact) mass is 238 g/mol. The highest BCUT2D eigenvalue weighted by atomic mass is 15.2. The average Bonchev–Trinajstić information content (AvgIpc) is 2.91. The molecule has 3 aromatic rings. The molecule has 1 fully saturated rings. The second-order valence-corrected chi connectivity index (χ2v) is 4.83. The van der Waals surface area contributed by atoms with E-state index in [1.165, 1.54) is 23.8 Å². The number of rotatable bonds is 3. The zero-order valence-corrected chi connectivity index (χ0v) is 9.90. The van der Waals surface area contributed by atoms with Crippen LogP contribution >= 0.6 is 0 Å². The summed E-state index contributed by atoms with van der Waals surface area (Å²) in [5, 5.41) is 12.0. The van der Waals surface area contributed by atoms with Gasteiger partial charge < -0.3 is 10.3 Å². The standard InChI is InChI=1S/C14H14N4/c1-2-4-12-10(3-1)11(8-15-12)13-7-14(18-17-13)16-9-5-6-9/h1-4,7-9,15H,5-6H2,(H2,16,17,18). The first-order valence-electron chi connectivity index (χ1n) is 6.28. The SMILES string of the molecule is c1ccc2c(-c3cc(NC4CC4)n[nH]3)c[nH]c2c1. The van der Waals surface area contributed by atoms with E-state index in [2.05, 4.69) is 44.8 Å². The summed E-state index contributed by atoms with van der Waals surface area (Å²) in [7, 11) is 0. The molecule has 0 unspecified atom stereocenters. The molecule has 4 heteroatoms. The highest BCUT2D eigenvalue weighted by Gasteiger charge is 2.22. The van der Waals surface area contributed by atoms with Crippen LogP contribution in [0.1, 0.15) is 12.8 Å². The number of nitrogens with one attached hydrogen (secondary N) is 3. The van der Waals surface area contributed by atoms with Crippen LogP contribution in [0.5, 0.6) is 0 Å². The number of nitrogens with zero attached hydrogens (tertiary/aromatic N) is 1. The van der Waals surface area contributed by atoms with Crippen LogP contribution in [-0.2, 0) is 0 Å². The smallest absolute Gasteiger partial charge is 0.148 e. The fourth-order valence-corrected chi connectivity index (χ4v) is 2.26. The summed E-state index contributed by atoms with van der Waals surface area (Å²) in [4.78, 5) is 3.28. The number of para-hydroxylation sites is 1. The van der Waals surface area contributed by atoms with Crippen LogP contribution in [0.2, 0.25) is 0 Å². The molecule has 1 aliphatic carbocycles. The Hall–Kier alpha value is -2.23. The first-order chi connectivity index (χ1) is 8.90. The molecule has 1 aromatic carbocycles. The summed E-state index contributed by atoms with van der Waals surface area (Å²) in [6.07, 6.45) is 4.55. The van der Waals surface area contributed by atoms with E-state index in [0.717, 1.165) is 17.0 Å². The summed E-state index contributed by atoms with van der Waals surface area (Å²) in [5.41, 5.74) is 3.37. The molecule has 0 bridgehead atoms. The number of H-pyrrole nitrogens is 2. The Labute approximate surface area is 104 Å². The molecule has 3 N–H and O–H groups in total. The molecule has 0 spiro atoms. The van der Waals surface area contributed by atoms with E-state index in [9.17, 15) is 0 Å². The van der Waals surface area contributed by atoms with Gasteiger partial charge in [0, 0.05) is 34.8 Å². The first-order valence-corrected chi connectivity index (χ1v) is 6.28. The van der Waals surface area contributed by atoms with Crippen LogP contribution in [0, 0.1) is 0 Å². The maximum absolute atomic E-state index is 4.31. The molecule has 0 atom stereocenters. The molecule has 2 aromatic heterocycles. The molecule has 18 heavy (non-hydrogen) atoms. The minimum Gasteiger partial charge on any atom is -0.366 e. The van der Waals surface area contributed by atoms with Crippen molar-refractivity contribution in [3.05, 3.63) is 36.5 Å². The van der Waals surface area contributed by atoms with Crippen LogP contribution in [0.25, 0.3) is 22.2 Å². The third kappa shape index (κ3) is 1.57. The lowest BCUT2D eigenvalue weighted by Gasteiger charge is -1.96. The number of hydrogen-bond acceptors (Lipinski definition) is 2. The van der Waals surface area contributed by atoms with Gasteiger partial charge in [0.15, 0.2) is 0 Å². The van der Waals surface area contributed by atoms with Gasteiger partial charge in [0.2, 0.25) is 0 Å². The third-order valence-electron chi connectivity index (χ3n) is 3.39. The average molecular weight is 238 g/mol. The van der Waals surface area contributed by atoms with Crippen molar-refractivity contribution in [1.29, 1.82) is 0 Å². The van der Waals surface area contributed by atoms with E-state index >= 15 is 0 Å². The summed E-state index contributed by atoms with van der Waals surface area (Å²) in [6.45, 7) is 0. The lowest BCUT2D eigenvalue weighted by atomic mass is 10.1. The van der Waals surface area contributed by atoms with E-state index in [4.69, 9.17) is 0 Å². The molecule has 1 aliphatic rings. The topological polar surface area (TPSA) is 56.5 Å². The largest absolute Gasteiger partial charge is 0.366 e. The number of benzene rings is 1. The summed E-state index contributed by atoms with van der Waals surface area (Å²) in [6, 6.07) is 11.0. The number of anilines is 1. The highest BCUT2D eigenvalue weighted by molar-refractivity contribution is 5.94. The number of hydrogen-bond donors (Lipinski definition) is 3. The molecule has 4 rings (SSSR count). The van der Waals surface area contributed by atoms with Crippen LogP contribution in [0.3, 0.4) is 0 Å². The van der Waals surface area contributed by atoms with Crippen LogP contribution < -0.4 is 5.32 Å². The van der Waals surface area contributed by atoms with Crippen molar-refractivity contribution in [2.24, 2.45) is 0 Å². The summed E-state index contributed by atoms with van der Waals surface area (Å²) >= 11 is 0. The second kappa shape index (κ2) is 3.63. The predicted octanol–water partition coefficient (Wildman–Crippen LogP) is 3.13. The van der Waals surface area contributed by atoms with Gasteiger partial charge in [-0.2, -0.15) is 5.10 Å². The van der Waals surface area contributed by atoms with Crippen LogP contribution in [-0.4, -0.2) is 21.2 Å². The van der Waals surface area contributed by atoms with Crippen molar-refractivity contribution in [2.75, 3.05) is 5.32 Å². The predicted molar refractivity (Wildman–Crippen MR) is 72.5 cm³/mol. The lowest BCUT2D eigenvalue weighted by Crippen LogP contribution is -2.00. The molecule has 0 saturated heterocycles. The number of aromatic nitrogens is 3. The van der Waals surface area contributed by atoms with Gasteiger partial charge in [0.25, 0.3) is 0 Å². The Bertz CT molecular complexity index is 690. The van der Waals surface area contributed by atoms with Gasteiger partial charge in [0.1, 0.15) is 5.82 Å². The molecular formula is C14H14N4. The molecule has 2 heterocycles. The molecule has 0 aliphatic heterocycles. The Morgan fingerprint density at radius 2 is 2.11 bits per heavy atom. The van der Waals surface area contributed by atoms with Gasteiger partial charge in [-0.25, -0.2) is 0 Å². The van der Waals surface area contributed by atoms with Crippen LogP contribution in [0.15, 0.2) is 36.5 Å². The molecule has 90 valence electrons. The molecule has 0 amide bonds. The maximum atomic E-state index is 4.31. The van der Waals surface area contributed by atoms with Crippen molar-refractivity contribution in [3.8, 4) is 11.3 Å². The molecule has 1 saturated carbocycles. The summed E-state index contributed by atoms with van der Waals surface area (Å²) in [5.74, 6) is 0.942. The Balaban J connectivity index is 1.74. The molecule has 4 nitrogen and oxygen atoms in total. The van der Waals surface area contributed by atoms with E-state index in [0.29, 0.717) is 6.04 Å². The quantitative estimate of drug-likeness (QED) is 0.656. The zero-order chi connectivity index (χ0) is 11.9. The van der Waals surface area contributed by atoms with E-state index < -0.39 is 0 Å². The van der Waals surface area contributed by atoms with Gasteiger partial charge in [-0.15, -0.1) is 0 Å². The second-order valence-electron chi connectivity index (χ2n) is 4.83. The van der Waals surface area contributed by atoms with Crippen molar-refractivity contribution in [1.82, 2.24) is 15.2 Å². The van der Waals surface area contributed by atoms with Crippen molar-refractivity contribution in [2.45, 2.75) is 18.9 Å². The Kier molecular flexibility index (Phi) is 1.97. The van der Waals surface area contributed by atoms with E-state index in [1.54, 1.807) is 0 Å². The van der Waals surface area contributed by atoms with Crippen molar-refractivity contribution in [3.63, 3.8) is 0 Å². The van der Waals surface area contributed by atoms with Gasteiger partial charge in [-0.3, -0.25) is 5.10 Å². The molecular weight excluding hydrogens is 224 g/mol. The fourth-order valence-electron chi connectivity index (χ4n) is 2.26. The Morgan fingerprint density at radius 3 is 3.00 bits per heavy atom. The highest BCUT2D eigenvalue weighted by Crippen LogP contribution is 2.30. The summed E-state index contributed by atoms with van der Waals surface area (Å²) < 4.78 is 0. The minimum atomic E-state index is 0.629. The Morgan fingerprint density at radius 1 is 1.22 bits per heavy atom. The number of aromatic amines is 2. The minimum absolute atomic E-state index is 0.629. The number of fused-ring (bicyclic) bond motifs is 1. The van der Waals surface area contributed by atoms with Gasteiger partial charge >= 0.3 is 0 Å². The third-order valence-corrected chi connectivity index (χ3v) is 3.39. The van der Waals surface area contributed by atoms with Crippen molar-refractivity contribution < 1.29 is 0 Å². The van der Waals surface area contributed by atoms with Crippen LogP contribution in [0.4, 0.5) is 5.82 Å². The van der Waals surface area contributed by atoms with E-state index in [-0.39, 0.29) is 0 Å². The lowest BCUT2D eigenvalue weighted by molar-refractivity contribution is 1.05. The van der Waals surface area contributed by atoms with Crippen molar-refractivity contribution >= 4 is 16.7 Å². The van der Waals surface area contributed by atoms with Gasteiger partial charge in [-0.05, 0) is 18.9 Å². The zero-order valence-electron chi connectivity index (χ0n) is 9.90. The van der Waals surface area contributed by atoms with Gasteiger partial charge in [0.05, 0.1) is 5.69 Å². The molecule has 0 radical (unpaired) electrons. The normalized spacial score (nSPS) is 15.1.